The van der Waals surface area contributed by atoms with Crippen LogP contribution in [0.15, 0.2) is 90.4 Å². The lowest BCUT2D eigenvalue weighted by molar-refractivity contribution is 1.20. The van der Waals surface area contributed by atoms with Gasteiger partial charge in [0.25, 0.3) is 0 Å². The fourth-order valence-electron chi connectivity index (χ4n) is 3.58. The Kier molecular flexibility index (Phi) is 4.82. The maximum absolute atomic E-state index is 4.44. The zero-order valence-corrected chi connectivity index (χ0v) is 16.7. The number of hydrogen-bond donors (Lipinski definition) is 0. The Morgan fingerprint density at radius 3 is 2.48 bits per heavy atom. The third-order valence-corrected chi connectivity index (χ3v) is 5.89. The first-order valence-electron chi connectivity index (χ1n) is 9.71. The van der Waals surface area contributed by atoms with Gasteiger partial charge in [0, 0.05) is 12.0 Å². The van der Waals surface area contributed by atoms with E-state index < -0.39 is 0 Å². The minimum atomic E-state index is 0.776. The summed E-state index contributed by atoms with van der Waals surface area (Å²) in [6, 6.07) is 30.1. The predicted octanol–water partition coefficient (Wildman–Crippen LogP) is 6.63. The second kappa shape index (κ2) is 7.91. The van der Waals surface area contributed by atoms with Gasteiger partial charge < -0.3 is 0 Å². The molecule has 0 amide bonds. The smallest absolute Gasteiger partial charge is 0.0814 e. The van der Waals surface area contributed by atoms with E-state index in [1.165, 1.54) is 32.2 Å². The van der Waals surface area contributed by atoms with Crippen LogP contribution in [0.2, 0.25) is 0 Å². The first-order valence-corrected chi connectivity index (χ1v) is 10.6. The Morgan fingerprint density at radius 2 is 1.55 bits per heavy atom. The molecule has 0 aliphatic heterocycles. The molecule has 0 aliphatic rings. The van der Waals surface area contributed by atoms with E-state index in [4.69, 9.17) is 0 Å². The van der Waals surface area contributed by atoms with E-state index >= 15 is 0 Å². The highest BCUT2D eigenvalue weighted by Crippen LogP contribution is 2.23. The van der Waals surface area contributed by atoms with E-state index in [0.717, 1.165) is 23.9 Å². The van der Waals surface area contributed by atoms with Crippen LogP contribution in [0.5, 0.6) is 0 Å². The van der Waals surface area contributed by atoms with E-state index in [2.05, 4.69) is 95.7 Å². The summed E-state index contributed by atoms with van der Waals surface area (Å²) in [5, 5.41) is 2.49. The summed E-state index contributed by atoms with van der Waals surface area (Å²) in [4.78, 5) is 4.44. The number of hydrogen-bond acceptors (Lipinski definition) is 2. The third-order valence-electron chi connectivity index (χ3n) is 5.08. The summed E-state index contributed by atoms with van der Waals surface area (Å²) >= 11 is 1.69. The van der Waals surface area contributed by atoms with Crippen molar-refractivity contribution in [3.63, 3.8) is 0 Å². The minimum Gasteiger partial charge on any atom is -0.245 e. The average Bonchev–Trinajstić information content (AvgIpc) is 3.22. The lowest BCUT2D eigenvalue weighted by atomic mass is 10.00. The summed E-state index contributed by atoms with van der Waals surface area (Å²) in [7, 11) is 0. The topological polar surface area (TPSA) is 12.9 Å². The number of nitrogens with zero attached hydrogens (tertiary/aromatic N) is 1. The van der Waals surface area contributed by atoms with Gasteiger partial charge in [0.1, 0.15) is 0 Å². The molecule has 0 saturated carbocycles. The van der Waals surface area contributed by atoms with Crippen molar-refractivity contribution in [1.82, 2.24) is 4.98 Å². The Morgan fingerprint density at radius 1 is 0.724 bits per heavy atom. The Bertz CT molecular complexity index is 1350. The van der Waals surface area contributed by atoms with Gasteiger partial charge in [0.05, 0.1) is 15.7 Å². The van der Waals surface area contributed by atoms with Gasteiger partial charge in [-0.15, -0.1) is 11.3 Å². The van der Waals surface area contributed by atoms with Crippen molar-refractivity contribution < 1.29 is 0 Å². The van der Waals surface area contributed by atoms with E-state index in [0.29, 0.717) is 0 Å². The molecule has 0 saturated heterocycles. The van der Waals surface area contributed by atoms with Gasteiger partial charge in [-0.2, -0.15) is 0 Å². The highest BCUT2D eigenvalue weighted by atomic mass is 32.1. The third kappa shape index (κ3) is 4.06. The molecule has 0 atom stereocenters. The van der Waals surface area contributed by atoms with Gasteiger partial charge in [-0.25, -0.2) is 4.98 Å². The molecule has 0 bridgehead atoms. The van der Waals surface area contributed by atoms with Crippen molar-refractivity contribution in [2.45, 2.75) is 12.8 Å². The molecule has 0 unspecified atom stereocenters. The molecule has 138 valence electrons. The van der Waals surface area contributed by atoms with Crippen molar-refractivity contribution in [2.75, 3.05) is 0 Å². The monoisotopic (exact) mass is 389 g/mol. The molecule has 5 rings (SSSR count). The second-order valence-electron chi connectivity index (χ2n) is 7.19. The van der Waals surface area contributed by atoms with Crippen LogP contribution in [0.4, 0.5) is 0 Å². The number of benzene rings is 4. The quantitative estimate of drug-likeness (QED) is 0.315. The zero-order valence-electron chi connectivity index (χ0n) is 15.9. The van der Waals surface area contributed by atoms with Crippen molar-refractivity contribution in [3.05, 3.63) is 113 Å². The minimum absolute atomic E-state index is 0.776. The van der Waals surface area contributed by atoms with Crippen LogP contribution in [0.1, 0.15) is 22.3 Å². The van der Waals surface area contributed by atoms with Gasteiger partial charge >= 0.3 is 0 Å². The van der Waals surface area contributed by atoms with Crippen molar-refractivity contribution in [3.8, 4) is 11.8 Å². The highest BCUT2D eigenvalue weighted by molar-refractivity contribution is 7.16. The van der Waals surface area contributed by atoms with Crippen molar-refractivity contribution in [2.24, 2.45) is 0 Å². The maximum atomic E-state index is 4.44. The van der Waals surface area contributed by atoms with Gasteiger partial charge in [-0.3, -0.25) is 0 Å². The molecule has 0 N–H and O–H groups in total. The first-order chi connectivity index (χ1) is 14.3. The van der Waals surface area contributed by atoms with Crippen LogP contribution >= 0.6 is 11.3 Å². The molecule has 0 fully saturated rings. The molecule has 29 heavy (non-hydrogen) atoms. The maximum Gasteiger partial charge on any atom is 0.0814 e. The van der Waals surface area contributed by atoms with Crippen LogP contribution in [-0.2, 0) is 12.8 Å². The first kappa shape index (κ1) is 17.7. The van der Waals surface area contributed by atoms with Crippen LogP contribution in [0.25, 0.3) is 21.0 Å². The van der Waals surface area contributed by atoms with E-state index in [1.807, 2.05) is 11.6 Å². The number of aromatic nitrogens is 1. The summed E-state index contributed by atoms with van der Waals surface area (Å²) in [6.07, 6.45) is 1.69. The second-order valence-corrected chi connectivity index (χ2v) is 8.08. The molecule has 0 spiro atoms. The number of rotatable bonds is 3. The lowest BCUT2D eigenvalue weighted by Gasteiger charge is -2.05. The summed E-state index contributed by atoms with van der Waals surface area (Å²) < 4.78 is 1.24. The molecule has 4 aromatic carbocycles. The van der Waals surface area contributed by atoms with Crippen molar-refractivity contribution in [1.29, 1.82) is 0 Å². The summed E-state index contributed by atoms with van der Waals surface area (Å²) in [6.45, 7) is 0. The number of thiazole rings is 1. The zero-order chi connectivity index (χ0) is 19.5. The fourth-order valence-corrected chi connectivity index (χ4v) is 4.24. The van der Waals surface area contributed by atoms with Crippen molar-refractivity contribution >= 4 is 32.3 Å². The molecule has 1 heterocycles. The highest BCUT2D eigenvalue weighted by Gasteiger charge is 2.03. The molecular formula is C27H19NS. The molecule has 0 aliphatic carbocycles. The fraction of sp³-hybridized carbons (Fsp3) is 0.0741. The molecule has 2 heteroatoms. The van der Waals surface area contributed by atoms with Crippen LogP contribution in [0.3, 0.4) is 0 Å². The van der Waals surface area contributed by atoms with Gasteiger partial charge in [0.2, 0.25) is 0 Å². The normalized spacial score (nSPS) is 10.8. The van der Waals surface area contributed by atoms with E-state index in [-0.39, 0.29) is 0 Å². The molecule has 0 radical (unpaired) electrons. The van der Waals surface area contributed by atoms with Gasteiger partial charge in [0.15, 0.2) is 0 Å². The lowest BCUT2D eigenvalue weighted by Crippen LogP contribution is -1.89. The SMILES string of the molecule is C(#Cc1ccc2ccc(Cc3ccc4scnc4c3)cc2c1)Cc1ccccc1. The molecular weight excluding hydrogens is 370 g/mol. The van der Waals surface area contributed by atoms with E-state index in [1.54, 1.807) is 11.3 Å². The van der Waals surface area contributed by atoms with Gasteiger partial charge in [-0.1, -0.05) is 72.5 Å². The van der Waals surface area contributed by atoms with Crippen LogP contribution < -0.4 is 0 Å². The summed E-state index contributed by atoms with van der Waals surface area (Å²) in [5.74, 6) is 6.61. The molecule has 1 aromatic heterocycles. The average molecular weight is 390 g/mol. The standard InChI is InChI=1S/C27H19NS/c1-2-5-20(6-3-1)7-4-8-21-9-12-24-13-10-22(17-25(24)16-21)15-23-11-14-27-26(18-23)28-19-29-27/h1-3,5-6,9-14,16-19H,7,15H2. The van der Waals surface area contributed by atoms with Crippen LogP contribution in [0, 0.1) is 11.8 Å². The largest absolute Gasteiger partial charge is 0.245 e. The van der Waals surface area contributed by atoms with Gasteiger partial charge in [-0.05, 0) is 58.1 Å². The Hall–Kier alpha value is -3.41. The Balaban J connectivity index is 1.39. The molecule has 1 nitrogen and oxygen atoms in total. The Labute approximate surface area is 174 Å². The molecule has 5 aromatic rings. The van der Waals surface area contributed by atoms with E-state index in [9.17, 15) is 0 Å². The number of fused-ring (bicyclic) bond motifs is 2. The predicted molar refractivity (Wildman–Crippen MR) is 123 cm³/mol. The van der Waals surface area contributed by atoms with Crippen LogP contribution in [-0.4, -0.2) is 4.98 Å². The summed E-state index contributed by atoms with van der Waals surface area (Å²) in [5.41, 5.74) is 7.91.